The van der Waals surface area contributed by atoms with Crippen LogP contribution in [0.2, 0.25) is 5.15 Å². The van der Waals surface area contributed by atoms with E-state index in [1.165, 1.54) is 6.20 Å². The summed E-state index contributed by atoms with van der Waals surface area (Å²) in [5, 5.41) is 3.16. The largest absolute Gasteiger partial charge is 0.380 e. The highest BCUT2D eigenvalue weighted by atomic mass is 35.5. The van der Waals surface area contributed by atoms with Crippen molar-refractivity contribution in [2.45, 2.75) is 6.61 Å². The molecule has 0 aliphatic rings. The number of carbonyl (C=O) groups excluding carboxylic acids is 1. The first-order chi connectivity index (χ1) is 9.19. The van der Waals surface area contributed by atoms with Gasteiger partial charge in [0.1, 0.15) is 5.15 Å². The van der Waals surface area contributed by atoms with Gasteiger partial charge in [-0.25, -0.2) is 4.98 Å². The Kier molecular flexibility index (Phi) is 4.49. The molecule has 1 aromatic carbocycles. The number of halogens is 1. The zero-order valence-electron chi connectivity index (χ0n) is 10.4. The summed E-state index contributed by atoms with van der Waals surface area (Å²) in [5.74, 6) is -0.223. The molecular weight excluding hydrogens is 264 g/mol. The Morgan fingerprint density at radius 2 is 2.21 bits per heavy atom. The second-order valence-corrected chi connectivity index (χ2v) is 4.34. The van der Waals surface area contributed by atoms with Crippen molar-refractivity contribution in [3.63, 3.8) is 0 Å². The molecule has 5 heteroatoms. The Morgan fingerprint density at radius 1 is 1.37 bits per heavy atom. The number of benzene rings is 1. The normalized spacial score (nSPS) is 10.2. The minimum atomic E-state index is -0.223. The Labute approximate surface area is 116 Å². The van der Waals surface area contributed by atoms with Crippen molar-refractivity contribution in [3.8, 4) is 0 Å². The Bertz CT molecular complexity index is 570. The van der Waals surface area contributed by atoms with E-state index in [0.29, 0.717) is 17.3 Å². The highest BCUT2D eigenvalue weighted by Crippen LogP contribution is 2.13. The van der Waals surface area contributed by atoms with Crippen molar-refractivity contribution in [1.82, 2.24) is 4.98 Å². The standard InChI is InChI=1S/C14H13ClN2O2/c1-19-9-10-3-2-4-12(7-10)17-14(18)11-5-6-13(15)16-8-11/h2-8H,9H2,1H3,(H,17,18). The lowest BCUT2D eigenvalue weighted by molar-refractivity contribution is 0.102. The summed E-state index contributed by atoms with van der Waals surface area (Å²) in [6.45, 7) is 0.506. The molecule has 0 unspecified atom stereocenters. The maximum atomic E-state index is 12.0. The average molecular weight is 277 g/mol. The molecule has 0 atom stereocenters. The van der Waals surface area contributed by atoms with Crippen LogP contribution >= 0.6 is 11.6 Å². The Hall–Kier alpha value is -1.91. The van der Waals surface area contributed by atoms with E-state index < -0.39 is 0 Å². The van der Waals surface area contributed by atoms with Crippen LogP contribution in [0.1, 0.15) is 15.9 Å². The van der Waals surface area contributed by atoms with Gasteiger partial charge in [-0.2, -0.15) is 0 Å². The van der Waals surface area contributed by atoms with E-state index in [1.807, 2.05) is 24.3 Å². The number of ether oxygens (including phenoxy) is 1. The highest BCUT2D eigenvalue weighted by molar-refractivity contribution is 6.29. The zero-order chi connectivity index (χ0) is 13.7. The number of amides is 1. The van der Waals surface area contributed by atoms with Gasteiger partial charge in [0, 0.05) is 19.0 Å². The lowest BCUT2D eigenvalue weighted by Gasteiger charge is -2.07. The van der Waals surface area contributed by atoms with Gasteiger partial charge in [0.05, 0.1) is 12.2 Å². The molecule has 1 N–H and O–H groups in total. The third-order valence-electron chi connectivity index (χ3n) is 2.49. The van der Waals surface area contributed by atoms with Crippen LogP contribution in [0.25, 0.3) is 0 Å². The molecular formula is C14H13ClN2O2. The van der Waals surface area contributed by atoms with Gasteiger partial charge in [-0.05, 0) is 29.8 Å². The maximum Gasteiger partial charge on any atom is 0.257 e. The van der Waals surface area contributed by atoms with E-state index in [-0.39, 0.29) is 5.91 Å². The Morgan fingerprint density at radius 3 is 2.89 bits per heavy atom. The molecule has 1 heterocycles. The third kappa shape index (κ3) is 3.77. The van der Waals surface area contributed by atoms with Crippen molar-refractivity contribution in [3.05, 3.63) is 58.9 Å². The number of aromatic nitrogens is 1. The first-order valence-corrected chi connectivity index (χ1v) is 6.07. The van der Waals surface area contributed by atoms with Crippen LogP contribution in [0.4, 0.5) is 5.69 Å². The predicted octanol–water partition coefficient (Wildman–Crippen LogP) is 3.13. The van der Waals surface area contributed by atoms with Gasteiger partial charge in [0.2, 0.25) is 0 Å². The van der Waals surface area contributed by atoms with Gasteiger partial charge in [-0.3, -0.25) is 4.79 Å². The second-order valence-electron chi connectivity index (χ2n) is 3.96. The fourth-order valence-electron chi connectivity index (χ4n) is 1.62. The number of hydrogen-bond donors (Lipinski definition) is 1. The molecule has 0 saturated carbocycles. The molecule has 98 valence electrons. The predicted molar refractivity (Wildman–Crippen MR) is 74.4 cm³/mol. The first kappa shape index (κ1) is 13.5. The molecule has 4 nitrogen and oxygen atoms in total. The van der Waals surface area contributed by atoms with Crippen molar-refractivity contribution in [1.29, 1.82) is 0 Å². The van der Waals surface area contributed by atoms with Crippen LogP contribution in [0, 0.1) is 0 Å². The van der Waals surface area contributed by atoms with E-state index in [1.54, 1.807) is 19.2 Å². The number of pyridine rings is 1. The molecule has 2 rings (SSSR count). The molecule has 2 aromatic rings. The molecule has 19 heavy (non-hydrogen) atoms. The van der Waals surface area contributed by atoms with E-state index in [2.05, 4.69) is 10.3 Å². The van der Waals surface area contributed by atoms with Gasteiger partial charge in [0.25, 0.3) is 5.91 Å². The zero-order valence-corrected chi connectivity index (χ0v) is 11.1. The van der Waals surface area contributed by atoms with Gasteiger partial charge in [-0.15, -0.1) is 0 Å². The number of hydrogen-bond acceptors (Lipinski definition) is 3. The number of methoxy groups -OCH3 is 1. The van der Waals surface area contributed by atoms with Crippen molar-refractivity contribution in [2.75, 3.05) is 12.4 Å². The fraction of sp³-hybridized carbons (Fsp3) is 0.143. The van der Waals surface area contributed by atoms with Crippen LogP contribution in [0.15, 0.2) is 42.6 Å². The highest BCUT2D eigenvalue weighted by Gasteiger charge is 2.06. The summed E-state index contributed by atoms with van der Waals surface area (Å²) in [5.41, 5.74) is 2.17. The topological polar surface area (TPSA) is 51.2 Å². The van der Waals surface area contributed by atoms with Crippen molar-refractivity contribution >= 4 is 23.2 Å². The van der Waals surface area contributed by atoms with E-state index in [0.717, 1.165) is 11.3 Å². The third-order valence-corrected chi connectivity index (χ3v) is 2.71. The molecule has 0 fully saturated rings. The lowest BCUT2D eigenvalue weighted by Crippen LogP contribution is -2.12. The average Bonchev–Trinajstić information content (AvgIpc) is 2.40. The number of anilines is 1. The SMILES string of the molecule is COCc1cccc(NC(=O)c2ccc(Cl)nc2)c1. The molecule has 1 amide bonds. The van der Waals surface area contributed by atoms with Crippen LogP contribution in [0.3, 0.4) is 0 Å². The summed E-state index contributed by atoms with van der Waals surface area (Å²) >= 11 is 5.68. The lowest BCUT2D eigenvalue weighted by atomic mass is 10.2. The molecule has 0 aliphatic heterocycles. The van der Waals surface area contributed by atoms with Gasteiger partial charge < -0.3 is 10.1 Å². The maximum absolute atomic E-state index is 12.0. The van der Waals surface area contributed by atoms with Crippen molar-refractivity contribution in [2.24, 2.45) is 0 Å². The summed E-state index contributed by atoms with van der Waals surface area (Å²) in [6, 6.07) is 10.7. The molecule has 0 aliphatic carbocycles. The number of carbonyl (C=O) groups is 1. The van der Waals surface area contributed by atoms with Gasteiger partial charge in [0.15, 0.2) is 0 Å². The minimum absolute atomic E-state index is 0.223. The minimum Gasteiger partial charge on any atom is -0.380 e. The van der Waals surface area contributed by atoms with Gasteiger partial charge >= 0.3 is 0 Å². The van der Waals surface area contributed by atoms with Crippen molar-refractivity contribution < 1.29 is 9.53 Å². The Balaban J connectivity index is 2.10. The molecule has 0 bridgehead atoms. The quantitative estimate of drug-likeness (QED) is 0.873. The van der Waals surface area contributed by atoms with E-state index in [4.69, 9.17) is 16.3 Å². The monoisotopic (exact) mass is 276 g/mol. The van der Waals surface area contributed by atoms with Crippen LogP contribution < -0.4 is 5.32 Å². The number of nitrogens with zero attached hydrogens (tertiary/aromatic N) is 1. The second kappa shape index (κ2) is 6.31. The molecule has 1 aromatic heterocycles. The molecule has 0 radical (unpaired) electrons. The summed E-state index contributed by atoms with van der Waals surface area (Å²) in [4.78, 5) is 15.8. The fourth-order valence-corrected chi connectivity index (χ4v) is 1.73. The van der Waals surface area contributed by atoms with E-state index in [9.17, 15) is 4.79 Å². The summed E-state index contributed by atoms with van der Waals surface area (Å²) in [6.07, 6.45) is 1.44. The number of nitrogens with one attached hydrogen (secondary N) is 1. The summed E-state index contributed by atoms with van der Waals surface area (Å²) in [7, 11) is 1.63. The number of rotatable bonds is 4. The van der Waals surface area contributed by atoms with E-state index >= 15 is 0 Å². The van der Waals surface area contributed by atoms with Gasteiger partial charge in [-0.1, -0.05) is 23.7 Å². The van der Waals surface area contributed by atoms with Crippen LogP contribution in [-0.2, 0) is 11.3 Å². The summed E-state index contributed by atoms with van der Waals surface area (Å²) < 4.78 is 5.05. The first-order valence-electron chi connectivity index (χ1n) is 5.70. The van der Waals surface area contributed by atoms with Crippen LogP contribution in [-0.4, -0.2) is 18.0 Å². The van der Waals surface area contributed by atoms with Crippen LogP contribution in [0.5, 0.6) is 0 Å². The molecule has 0 spiro atoms. The smallest absolute Gasteiger partial charge is 0.257 e. The molecule has 0 saturated heterocycles.